The van der Waals surface area contributed by atoms with E-state index in [1.165, 1.54) is 5.56 Å². The van der Waals surface area contributed by atoms with Gasteiger partial charge in [0.15, 0.2) is 0 Å². The average Bonchev–Trinajstić information content (AvgIpc) is 2.92. The lowest BCUT2D eigenvalue weighted by atomic mass is 10.1. The van der Waals surface area contributed by atoms with Crippen molar-refractivity contribution in [3.05, 3.63) is 94.0 Å². The van der Waals surface area contributed by atoms with E-state index < -0.39 is 0 Å². The number of rotatable bonds is 3. The number of amides is 1. The minimum Gasteiger partial charge on any atom is -0.302 e. The quantitative estimate of drug-likeness (QED) is 0.585. The molecule has 27 heavy (non-hydrogen) atoms. The third-order valence-electron chi connectivity index (χ3n) is 4.88. The van der Waals surface area contributed by atoms with Gasteiger partial charge in [0.25, 0.3) is 5.91 Å². The Hall–Kier alpha value is -2.91. The van der Waals surface area contributed by atoms with Crippen molar-refractivity contribution in [3.8, 4) is 0 Å². The van der Waals surface area contributed by atoms with Gasteiger partial charge in [0.2, 0.25) is 0 Å². The highest BCUT2D eigenvalue weighted by Crippen LogP contribution is 2.32. The summed E-state index contributed by atoms with van der Waals surface area (Å²) in [4.78, 5) is 19.6. The minimum atomic E-state index is -0.0793. The van der Waals surface area contributed by atoms with Crippen molar-refractivity contribution in [3.63, 3.8) is 0 Å². The number of carbonyl (C=O) groups is 1. The van der Waals surface area contributed by atoms with Crippen molar-refractivity contribution in [1.82, 2.24) is 0 Å². The Kier molecular flexibility index (Phi) is 4.54. The van der Waals surface area contributed by atoms with Gasteiger partial charge in [-0.1, -0.05) is 48.0 Å². The molecule has 1 heterocycles. The first kappa shape index (κ1) is 17.5. The number of aliphatic imine (C=N–C) groups is 1. The molecule has 1 aliphatic rings. The smallest absolute Gasteiger partial charge is 0.277 e. The molecular formula is C23H19ClN2O. The molecule has 0 bridgehead atoms. The highest BCUT2D eigenvalue weighted by atomic mass is 35.5. The Morgan fingerprint density at radius 1 is 0.926 bits per heavy atom. The molecule has 4 heteroatoms. The predicted molar refractivity (Wildman–Crippen MR) is 111 cm³/mol. The van der Waals surface area contributed by atoms with Gasteiger partial charge in [-0.05, 0) is 60.9 Å². The van der Waals surface area contributed by atoms with Gasteiger partial charge in [-0.25, -0.2) is 4.99 Å². The molecular weight excluding hydrogens is 356 g/mol. The number of halogens is 1. The summed E-state index contributed by atoms with van der Waals surface area (Å²) in [5.41, 5.74) is 6.44. The van der Waals surface area contributed by atoms with Crippen LogP contribution in [0.4, 0.5) is 11.4 Å². The summed E-state index contributed by atoms with van der Waals surface area (Å²) in [5, 5.41) is 0.684. The molecule has 0 aromatic heterocycles. The van der Waals surface area contributed by atoms with Crippen LogP contribution in [0, 0.1) is 13.8 Å². The zero-order valence-corrected chi connectivity index (χ0v) is 16.0. The number of nitrogens with zero attached hydrogens (tertiary/aromatic N) is 2. The van der Waals surface area contributed by atoms with Gasteiger partial charge in [-0.3, -0.25) is 4.79 Å². The maximum Gasteiger partial charge on any atom is 0.277 e. The van der Waals surface area contributed by atoms with Crippen molar-refractivity contribution in [1.29, 1.82) is 0 Å². The van der Waals surface area contributed by atoms with Gasteiger partial charge in [0.05, 0.1) is 17.9 Å². The van der Waals surface area contributed by atoms with Gasteiger partial charge in [0, 0.05) is 10.6 Å². The van der Waals surface area contributed by atoms with E-state index in [9.17, 15) is 4.79 Å². The zero-order valence-electron chi connectivity index (χ0n) is 15.2. The fourth-order valence-corrected chi connectivity index (χ4v) is 3.35. The standard InChI is InChI=1S/C23H19ClN2O/c1-15-7-12-19(13-16(15)2)25-22-20-5-3-4-6-21(20)26(23(22)27)14-17-8-10-18(24)11-9-17/h3-13H,14H2,1-2H3. The molecule has 0 saturated carbocycles. The lowest BCUT2D eigenvalue weighted by molar-refractivity contribution is -0.112. The molecule has 3 nitrogen and oxygen atoms in total. The molecule has 0 saturated heterocycles. The summed E-state index contributed by atoms with van der Waals surface area (Å²) < 4.78 is 0. The maximum atomic E-state index is 13.2. The van der Waals surface area contributed by atoms with Crippen molar-refractivity contribution < 1.29 is 4.79 Å². The zero-order chi connectivity index (χ0) is 19.0. The molecule has 134 valence electrons. The molecule has 0 N–H and O–H groups in total. The third kappa shape index (κ3) is 3.38. The summed E-state index contributed by atoms with van der Waals surface area (Å²) in [6.07, 6.45) is 0. The first-order valence-electron chi connectivity index (χ1n) is 8.84. The molecule has 0 unspecified atom stereocenters. The van der Waals surface area contributed by atoms with E-state index in [1.807, 2.05) is 66.7 Å². The fraction of sp³-hybridized carbons (Fsp3) is 0.130. The molecule has 0 atom stereocenters. The topological polar surface area (TPSA) is 32.7 Å². The highest BCUT2D eigenvalue weighted by Gasteiger charge is 2.33. The Labute approximate surface area is 163 Å². The largest absolute Gasteiger partial charge is 0.302 e. The Balaban J connectivity index is 1.74. The second-order valence-corrected chi connectivity index (χ2v) is 7.20. The minimum absolute atomic E-state index is 0.0793. The fourth-order valence-electron chi connectivity index (χ4n) is 3.22. The molecule has 0 fully saturated rings. The van der Waals surface area contributed by atoms with Crippen LogP contribution < -0.4 is 4.90 Å². The van der Waals surface area contributed by atoms with Crippen molar-refractivity contribution in [2.24, 2.45) is 4.99 Å². The van der Waals surface area contributed by atoms with Crippen LogP contribution >= 0.6 is 11.6 Å². The van der Waals surface area contributed by atoms with E-state index in [-0.39, 0.29) is 5.91 Å². The van der Waals surface area contributed by atoms with Crippen LogP contribution in [0.2, 0.25) is 5.02 Å². The summed E-state index contributed by atoms with van der Waals surface area (Å²) in [7, 11) is 0. The molecule has 1 aliphatic heterocycles. The number of hydrogen-bond acceptors (Lipinski definition) is 2. The summed E-state index contributed by atoms with van der Waals surface area (Å²) in [5.74, 6) is -0.0793. The first-order chi connectivity index (χ1) is 13.0. The van der Waals surface area contributed by atoms with Gasteiger partial charge in [-0.15, -0.1) is 0 Å². The van der Waals surface area contributed by atoms with Crippen molar-refractivity contribution in [2.75, 3.05) is 4.90 Å². The number of fused-ring (bicyclic) bond motifs is 1. The van der Waals surface area contributed by atoms with Gasteiger partial charge < -0.3 is 4.90 Å². The second kappa shape index (κ2) is 7.01. The number of benzene rings is 3. The number of carbonyl (C=O) groups excluding carboxylic acids is 1. The van der Waals surface area contributed by atoms with Gasteiger partial charge in [-0.2, -0.15) is 0 Å². The number of aryl methyl sites for hydroxylation is 2. The molecule has 1 amide bonds. The van der Waals surface area contributed by atoms with Crippen LogP contribution in [0.3, 0.4) is 0 Å². The molecule has 0 spiro atoms. The molecule has 4 rings (SSSR count). The number of para-hydroxylation sites is 1. The average molecular weight is 375 g/mol. The normalized spacial score (nSPS) is 14.7. The molecule has 0 radical (unpaired) electrons. The predicted octanol–water partition coefficient (Wildman–Crippen LogP) is 5.62. The Bertz CT molecular complexity index is 1050. The van der Waals surface area contributed by atoms with Gasteiger partial charge in [0.1, 0.15) is 5.71 Å². The van der Waals surface area contributed by atoms with Crippen LogP contribution in [0.1, 0.15) is 22.3 Å². The Morgan fingerprint density at radius 2 is 1.67 bits per heavy atom. The monoisotopic (exact) mass is 374 g/mol. The SMILES string of the molecule is Cc1ccc(N=C2C(=O)N(Cc3ccc(Cl)cc3)c3ccccc32)cc1C. The van der Waals surface area contributed by atoms with Crippen molar-refractivity contribution >= 4 is 34.6 Å². The molecule has 3 aromatic carbocycles. The highest BCUT2D eigenvalue weighted by molar-refractivity contribution is 6.54. The van der Waals surface area contributed by atoms with Crippen LogP contribution in [-0.4, -0.2) is 11.6 Å². The van der Waals surface area contributed by atoms with Crippen molar-refractivity contribution in [2.45, 2.75) is 20.4 Å². The lowest BCUT2D eigenvalue weighted by Gasteiger charge is -2.17. The summed E-state index contributed by atoms with van der Waals surface area (Å²) in [6, 6.07) is 21.4. The van der Waals surface area contributed by atoms with E-state index in [1.54, 1.807) is 4.90 Å². The van der Waals surface area contributed by atoms with Crippen LogP contribution in [0.25, 0.3) is 0 Å². The third-order valence-corrected chi connectivity index (χ3v) is 5.14. The maximum absolute atomic E-state index is 13.2. The molecule has 3 aromatic rings. The van der Waals surface area contributed by atoms with E-state index >= 15 is 0 Å². The molecule has 0 aliphatic carbocycles. The first-order valence-corrected chi connectivity index (χ1v) is 9.22. The van der Waals surface area contributed by atoms with Crippen LogP contribution in [0.5, 0.6) is 0 Å². The summed E-state index contributed by atoms with van der Waals surface area (Å²) in [6.45, 7) is 4.60. The van der Waals surface area contributed by atoms with E-state index in [0.29, 0.717) is 17.3 Å². The number of hydrogen-bond donors (Lipinski definition) is 0. The van der Waals surface area contributed by atoms with Crippen LogP contribution in [-0.2, 0) is 11.3 Å². The van der Waals surface area contributed by atoms with Crippen LogP contribution in [0.15, 0.2) is 71.7 Å². The second-order valence-electron chi connectivity index (χ2n) is 6.76. The van der Waals surface area contributed by atoms with E-state index in [0.717, 1.165) is 28.1 Å². The van der Waals surface area contributed by atoms with Gasteiger partial charge >= 0.3 is 0 Å². The summed E-state index contributed by atoms with van der Waals surface area (Å²) >= 11 is 5.98. The number of anilines is 1. The lowest BCUT2D eigenvalue weighted by Crippen LogP contribution is -2.29. The Morgan fingerprint density at radius 3 is 2.41 bits per heavy atom. The van der Waals surface area contributed by atoms with E-state index in [4.69, 9.17) is 16.6 Å². The van der Waals surface area contributed by atoms with E-state index in [2.05, 4.69) is 13.8 Å².